The second-order valence-electron chi connectivity index (χ2n) is 5.95. The Bertz CT molecular complexity index is 848. The van der Waals surface area contributed by atoms with Crippen molar-refractivity contribution in [3.05, 3.63) is 77.1 Å². The largest absolute Gasteiger partial charge is 0.353 e. The summed E-state index contributed by atoms with van der Waals surface area (Å²) in [5.74, 6) is -0.343. The molecule has 1 heterocycles. The molecule has 2 aromatic carbocycles. The molecule has 5 heteroatoms. The highest BCUT2D eigenvalue weighted by Gasteiger charge is 2.13. The molecule has 0 radical (unpaired) electrons. The van der Waals surface area contributed by atoms with Crippen molar-refractivity contribution in [3.63, 3.8) is 0 Å². The summed E-state index contributed by atoms with van der Waals surface area (Å²) in [6.07, 6.45) is 0.690. The lowest BCUT2D eigenvalue weighted by atomic mass is 10.1. The maximum atomic E-state index is 13.7. The van der Waals surface area contributed by atoms with Crippen LogP contribution in [0.2, 0.25) is 0 Å². The van der Waals surface area contributed by atoms with Gasteiger partial charge in [-0.3, -0.25) is 4.79 Å². The summed E-state index contributed by atoms with van der Waals surface area (Å²) in [5.41, 5.74) is 2.40. The lowest BCUT2D eigenvalue weighted by Crippen LogP contribution is -2.35. The summed E-state index contributed by atoms with van der Waals surface area (Å²) < 4.78 is 13.7. The number of hydrogen-bond donors (Lipinski definition) is 1. The molecule has 3 rings (SSSR count). The average molecular weight is 354 g/mol. The zero-order chi connectivity index (χ0) is 17.6. The number of carbonyl (C=O) groups excluding carboxylic acids is 1. The van der Waals surface area contributed by atoms with E-state index in [1.807, 2.05) is 42.6 Å². The number of halogens is 1. The molecule has 1 atom stereocenters. The van der Waals surface area contributed by atoms with Gasteiger partial charge < -0.3 is 5.32 Å². The molecule has 0 fully saturated rings. The molecule has 128 valence electrons. The quantitative estimate of drug-likeness (QED) is 0.719. The van der Waals surface area contributed by atoms with Crippen molar-refractivity contribution in [3.8, 4) is 10.6 Å². The number of thiazole rings is 1. The number of rotatable bonds is 6. The fraction of sp³-hybridized carbons (Fsp3) is 0.200. The average Bonchev–Trinajstić information content (AvgIpc) is 3.06. The van der Waals surface area contributed by atoms with Gasteiger partial charge in [-0.25, -0.2) is 9.37 Å². The van der Waals surface area contributed by atoms with Gasteiger partial charge in [-0.2, -0.15) is 0 Å². The Balaban J connectivity index is 1.56. The molecular weight excluding hydrogens is 335 g/mol. The van der Waals surface area contributed by atoms with Crippen molar-refractivity contribution >= 4 is 17.2 Å². The lowest BCUT2D eigenvalue weighted by molar-refractivity contribution is -0.121. The summed E-state index contributed by atoms with van der Waals surface area (Å²) in [6.45, 7) is 1.88. The van der Waals surface area contributed by atoms with Crippen LogP contribution < -0.4 is 5.32 Å². The van der Waals surface area contributed by atoms with Crippen LogP contribution in [0.5, 0.6) is 0 Å². The zero-order valence-electron chi connectivity index (χ0n) is 13.9. The minimum absolute atomic E-state index is 0.103. The molecule has 1 N–H and O–H groups in total. The minimum Gasteiger partial charge on any atom is -0.353 e. The number of amides is 1. The van der Waals surface area contributed by atoms with E-state index in [1.54, 1.807) is 18.2 Å². The van der Waals surface area contributed by atoms with Crippen molar-refractivity contribution in [1.82, 2.24) is 10.3 Å². The van der Waals surface area contributed by atoms with Gasteiger partial charge in [0, 0.05) is 17.0 Å². The van der Waals surface area contributed by atoms with Crippen LogP contribution in [-0.2, 0) is 17.6 Å². The van der Waals surface area contributed by atoms with Gasteiger partial charge in [0.1, 0.15) is 10.8 Å². The molecule has 0 saturated heterocycles. The molecule has 1 amide bonds. The molecule has 25 heavy (non-hydrogen) atoms. The van der Waals surface area contributed by atoms with Crippen LogP contribution in [0.4, 0.5) is 4.39 Å². The van der Waals surface area contributed by atoms with Crippen LogP contribution in [0.25, 0.3) is 10.6 Å². The predicted molar refractivity (Wildman–Crippen MR) is 99.0 cm³/mol. The molecule has 3 aromatic rings. The normalized spacial score (nSPS) is 11.9. The maximum absolute atomic E-state index is 13.7. The summed E-state index contributed by atoms with van der Waals surface area (Å²) in [7, 11) is 0. The van der Waals surface area contributed by atoms with E-state index in [9.17, 15) is 9.18 Å². The van der Waals surface area contributed by atoms with E-state index in [4.69, 9.17) is 0 Å². The molecule has 1 aromatic heterocycles. The van der Waals surface area contributed by atoms with Gasteiger partial charge in [0.05, 0.1) is 12.1 Å². The van der Waals surface area contributed by atoms with Crippen molar-refractivity contribution in [1.29, 1.82) is 0 Å². The second kappa shape index (κ2) is 8.03. The SMILES string of the molecule is CC(Cc1ccccc1F)NC(=O)Cc1csc(-c2ccccc2)n1. The Morgan fingerprint density at radius 1 is 1.16 bits per heavy atom. The summed E-state index contributed by atoms with van der Waals surface area (Å²) in [4.78, 5) is 16.7. The van der Waals surface area contributed by atoms with E-state index in [1.165, 1.54) is 17.4 Å². The highest BCUT2D eigenvalue weighted by molar-refractivity contribution is 7.13. The van der Waals surface area contributed by atoms with E-state index >= 15 is 0 Å². The predicted octanol–water partition coefficient (Wildman–Crippen LogP) is 4.24. The van der Waals surface area contributed by atoms with Crippen LogP contribution >= 0.6 is 11.3 Å². The molecule has 0 aliphatic heterocycles. The summed E-state index contributed by atoms with van der Waals surface area (Å²) >= 11 is 1.53. The fourth-order valence-corrected chi connectivity index (χ4v) is 3.46. The van der Waals surface area contributed by atoms with Crippen molar-refractivity contribution in [2.45, 2.75) is 25.8 Å². The van der Waals surface area contributed by atoms with Gasteiger partial charge in [-0.05, 0) is 25.0 Å². The van der Waals surface area contributed by atoms with Crippen LogP contribution in [-0.4, -0.2) is 16.9 Å². The number of aromatic nitrogens is 1. The van der Waals surface area contributed by atoms with Gasteiger partial charge in [-0.15, -0.1) is 11.3 Å². The molecule has 0 spiro atoms. The summed E-state index contributed by atoms with van der Waals surface area (Å²) in [5, 5.41) is 5.72. The van der Waals surface area contributed by atoms with E-state index < -0.39 is 0 Å². The fourth-order valence-electron chi connectivity index (χ4n) is 2.64. The van der Waals surface area contributed by atoms with E-state index in [0.717, 1.165) is 16.3 Å². The monoisotopic (exact) mass is 354 g/mol. The third-order valence-electron chi connectivity index (χ3n) is 3.81. The molecule has 0 bridgehead atoms. The van der Waals surface area contributed by atoms with Gasteiger partial charge in [-0.1, -0.05) is 48.5 Å². The van der Waals surface area contributed by atoms with Crippen LogP contribution in [0.15, 0.2) is 60.0 Å². The third-order valence-corrected chi connectivity index (χ3v) is 4.75. The van der Waals surface area contributed by atoms with E-state index in [-0.39, 0.29) is 24.2 Å². The van der Waals surface area contributed by atoms with Crippen molar-refractivity contribution < 1.29 is 9.18 Å². The highest BCUT2D eigenvalue weighted by Crippen LogP contribution is 2.23. The number of nitrogens with zero attached hydrogens (tertiary/aromatic N) is 1. The zero-order valence-corrected chi connectivity index (χ0v) is 14.7. The summed E-state index contributed by atoms with van der Waals surface area (Å²) in [6, 6.07) is 16.4. The first-order valence-electron chi connectivity index (χ1n) is 8.14. The minimum atomic E-state index is -0.240. The molecule has 3 nitrogen and oxygen atoms in total. The lowest BCUT2D eigenvalue weighted by Gasteiger charge is -2.14. The number of benzene rings is 2. The first kappa shape index (κ1) is 17.3. The van der Waals surface area contributed by atoms with Crippen LogP contribution in [0.1, 0.15) is 18.2 Å². The van der Waals surface area contributed by atoms with Crippen LogP contribution in [0.3, 0.4) is 0 Å². The smallest absolute Gasteiger partial charge is 0.226 e. The van der Waals surface area contributed by atoms with Gasteiger partial charge >= 0.3 is 0 Å². The van der Waals surface area contributed by atoms with Crippen molar-refractivity contribution in [2.75, 3.05) is 0 Å². The Morgan fingerprint density at radius 2 is 1.88 bits per heavy atom. The molecule has 1 unspecified atom stereocenters. The van der Waals surface area contributed by atoms with Gasteiger partial charge in [0.25, 0.3) is 0 Å². The third kappa shape index (κ3) is 4.73. The van der Waals surface area contributed by atoms with Gasteiger partial charge in [0.15, 0.2) is 0 Å². The first-order valence-corrected chi connectivity index (χ1v) is 9.02. The van der Waals surface area contributed by atoms with Crippen LogP contribution in [0, 0.1) is 5.82 Å². The Kier molecular flexibility index (Phi) is 5.56. The molecule has 0 aliphatic rings. The first-order chi connectivity index (χ1) is 12.1. The topological polar surface area (TPSA) is 42.0 Å². The maximum Gasteiger partial charge on any atom is 0.226 e. The van der Waals surface area contributed by atoms with Gasteiger partial charge in [0.2, 0.25) is 5.91 Å². The Morgan fingerprint density at radius 3 is 2.64 bits per heavy atom. The Hall–Kier alpha value is -2.53. The number of carbonyl (C=O) groups is 1. The molecule has 0 saturated carbocycles. The van der Waals surface area contributed by atoms with E-state index in [0.29, 0.717) is 12.0 Å². The molecular formula is C20H19FN2OS. The number of nitrogens with one attached hydrogen (secondary N) is 1. The Labute approximate surface area is 150 Å². The number of hydrogen-bond acceptors (Lipinski definition) is 3. The highest BCUT2D eigenvalue weighted by atomic mass is 32.1. The second-order valence-corrected chi connectivity index (χ2v) is 6.81. The standard InChI is InChI=1S/C20H19FN2OS/c1-14(11-16-9-5-6-10-18(16)21)22-19(24)12-17-13-25-20(23-17)15-7-3-2-4-8-15/h2-10,13-14H,11-12H2,1H3,(H,22,24). The molecule has 0 aliphatic carbocycles. The van der Waals surface area contributed by atoms with Crippen molar-refractivity contribution in [2.24, 2.45) is 0 Å². The van der Waals surface area contributed by atoms with E-state index in [2.05, 4.69) is 10.3 Å².